The normalized spacial score (nSPS) is 19.0. The average Bonchev–Trinajstić information content (AvgIpc) is 3.40. The second-order valence-electron chi connectivity index (χ2n) is 23.1. The Bertz CT molecular complexity index is 1390. The van der Waals surface area contributed by atoms with Gasteiger partial charge < -0.3 is 35.2 Å². The van der Waals surface area contributed by atoms with Gasteiger partial charge >= 0.3 is 10.4 Å². The summed E-state index contributed by atoms with van der Waals surface area (Å²) in [5.41, 5.74) is 0. The monoisotopic (exact) mass is 1100 g/mol. The van der Waals surface area contributed by atoms with Crippen molar-refractivity contribution in [2.45, 2.75) is 371 Å². The fourth-order valence-corrected chi connectivity index (χ4v) is 11.3. The summed E-state index contributed by atoms with van der Waals surface area (Å²) in [7, 11) is -5.08. The van der Waals surface area contributed by atoms with E-state index in [1.165, 1.54) is 263 Å². The smallest absolute Gasteiger partial charge is 0.394 e. The van der Waals surface area contributed by atoms with Crippen molar-refractivity contribution < 1.29 is 51.8 Å². The van der Waals surface area contributed by atoms with Gasteiger partial charge in [0.2, 0.25) is 5.91 Å². The van der Waals surface area contributed by atoms with Crippen molar-refractivity contribution in [3.05, 3.63) is 12.2 Å². The fourth-order valence-electron chi connectivity index (χ4n) is 10.8. The lowest BCUT2D eigenvalue weighted by molar-refractivity contribution is -0.298. The Balaban J connectivity index is 2.07. The van der Waals surface area contributed by atoms with Crippen molar-refractivity contribution in [3.63, 3.8) is 0 Å². The molecular formula is C63H123NO11S. The number of carbonyl (C=O) groups excluding carboxylic acids is 1. The van der Waals surface area contributed by atoms with Crippen LogP contribution in [0, 0.1) is 0 Å². The summed E-state index contributed by atoms with van der Waals surface area (Å²) in [5.74, 6) is -0.257. The van der Waals surface area contributed by atoms with E-state index in [-0.39, 0.29) is 18.9 Å². The van der Waals surface area contributed by atoms with Gasteiger partial charge in [0, 0.05) is 6.42 Å². The molecule has 1 fully saturated rings. The minimum atomic E-state index is -5.08. The number of nitrogens with one attached hydrogen (secondary N) is 1. The number of aliphatic hydroxyl groups excluding tert-OH is 4. The van der Waals surface area contributed by atoms with Gasteiger partial charge in [-0.2, -0.15) is 8.42 Å². The predicted molar refractivity (Wildman–Crippen MR) is 315 cm³/mol. The van der Waals surface area contributed by atoms with Crippen LogP contribution in [-0.4, -0.2) is 95.4 Å². The number of amides is 1. The minimum Gasteiger partial charge on any atom is -0.394 e. The number of carbonyl (C=O) groups is 1. The van der Waals surface area contributed by atoms with Crippen LogP contribution in [0.4, 0.5) is 0 Å². The second kappa shape index (κ2) is 53.2. The maximum absolute atomic E-state index is 13.1. The molecule has 452 valence electrons. The zero-order chi connectivity index (χ0) is 55.4. The molecule has 1 saturated heterocycles. The maximum atomic E-state index is 13.1. The molecule has 1 amide bonds. The molecule has 6 N–H and O–H groups in total. The molecule has 0 aromatic heterocycles. The summed E-state index contributed by atoms with van der Waals surface area (Å²) < 4.78 is 47.7. The van der Waals surface area contributed by atoms with E-state index in [0.717, 1.165) is 38.5 Å². The van der Waals surface area contributed by atoms with E-state index in [0.29, 0.717) is 6.42 Å². The van der Waals surface area contributed by atoms with Gasteiger partial charge in [-0.3, -0.25) is 9.35 Å². The zero-order valence-corrected chi connectivity index (χ0v) is 50.2. The van der Waals surface area contributed by atoms with E-state index in [2.05, 4.69) is 23.3 Å². The van der Waals surface area contributed by atoms with Crippen LogP contribution in [0.3, 0.4) is 0 Å². The number of hydrogen-bond donors (Lipinski definition) is 6. The number of aliphatic hydroxyl groups is 4. The molecule has 1 heterocycles. The molecule has 1 rings (SSSR count). The number of allylic oxidation sites excluding steroid dienone is 1. The molecule has 0 radical (unpaired) electrons. The average molecular weight is 1100 g/mol. The van der Waals surface area contributed by atoms with Gasteiger partial charge in [-0.05, 0) is 19.3 Å². The highest BCUT2D eigenvalue weighted by atomic mass is 32.3. The first-order valence-electron chi connectivity index (χ1n) is 32.6. The van der Waals surface area contributed by atoms with E-state index in [1.807, 2.05) is 6.08 Å². The molecule has 7 atom stereocenters. The summed E-state index contributed by atoms with van der Waals surface area (Å²) in [6, 6.07) is -0.939. The molecule has 0 saturated carbocycles. The van der Waals surface area contributed by atoms with E-state index in [4.69, 9.17) is 9.47 Å². The molecule has 12 nitrogen and oxygen atoms in total. The number of rotatable bonds is 58. The summed E-state index contributed by atoms with van der Waals surface area (Å²) in [5, 5.41) is 44.8. The topological polar surface area (TPSA) is 192 Å². The number of ether oxygens (including phenoxy) is 2. The molecule has 0 spiro atoms. The van der Waals surface area contributed by atoms with E-state index in [9.17, 15) is 38.2 Å². The van der Waals surface area contributed by atoms with E-state index < -0.39 is 59.9 Å². The van der Waals surface area contributed by atoms with Crippen LogP contribution in [0.2, 0.25) is 0 Å². The Morgan fingerprint density at radius 1 is 0.513 bits per heavy atom. The van der Waals surface area contributed by atoms with E-state index >= 15 is 0 Å². The van der Waals surface area contributed by atoms with Gasteiger partial charge in [-0.1, -0.05) is 315 Å². The molecule has 0 aromatic rings. The molecular weight excluding hydrogens is 979 g/mol. The third-order valence-corrected chi connectivity index (χ3v) is 16.3. The third kappa shape index (κ3) is 44.6. The Labute approximate surface area is 468 Å². The van der Waals surface area contributed by atoms with Gasteiger partial charge in [0.1, 0.15) is 24.4 Å². The van der Waals surface area contributed by atoms with Crippen LogP contribution < -0.4 is 5.32 Å². The van der Waals surface area contributed by atoms with Crippen LogP contribution in [0.5, 0.6) is 0 Å². The highest BCUT2D eigenvalue weighted by Gasteiger charge is 2.48. The molecule has 1 aliphatic rings. The second-order valence-corrected chi connectivity index (χ2v) is 24.1. The van der Waals surface area contributed by atoms with E-state index in [1.54, 1.807) is 6.08 Å². The first-order chi connectivity index (χ1) is 37.0. The standard InChI is InChI=1S/C63H123NO11S/c1-3-5-7-9-11-13-15-16-17-18-19-20-21-22-23-24-25-26-27-28-29-30-31-32-33-34-35-36-37-38-39-40-41-42-43-45-47-49-51-53-59(67)64-56(57(66)52-50-48-46-44-14-12-10-8-6-4-2)55-73-63-61(69)62(75-76(70,71)72)60(68)58(54-65)74-63/h50,52,56-58,60-63,65-66,68-69H,3-49,51,53-55H2,1-2H3,(H,64,67)(H,70,71,72)/b52-50+. The number of hydrogen-bond acceptors (Lipinski definition) is 10. The molecule has 0 bridgehead atoms. The minimum absolute atomic E-state index is 0.257. The largest absolute Gasteiger partial charge is 0.397 e. The SMILES string of the molecule is CCCCCCCCCC/C=C/C(O)C(COC1OC(CO)C(O)C(OS(=O)(=O)O)C1O)NC(=O)CCCCCCCCCCCCCCCCCCCCCCCCCCCCCCCCCCCCCCCCC. The third-order valence-electron chi connectivity index (χ3n) is 15.8. The van der Waals surface area contributed by atoms with Gasteiger partial charge in [-0.15, -0.1) is 0 Å². The number of unbranched alkanes of at least 4 members (excludes halogenated alkanes) is 46. The lowest BCUT2D eigenvalue weighted by atomic mass is 9.99. The summed E-state index contributed by atoms with van der Waals surface area (Å²) in [4.78, 5) is 13.1. The summed E-state index contributed by atoms with van der Waals surface area (Å²) >= 11 is 0. The zero-order valence-electron chi connectivity index (χ0n) is 49.4. The molecule has 7 unspecified atom stereocenters. The Morgan fingerprint density at radius 2 is 0.829 bits per heavy atom. The first-order valence-corrected chi connectivity index (χ1v) is 33.9. The van der Waals surface area contributed by atoms with Crippen molar-refractivity contribution >= 4 is 16.3 Å². The Kier molecular flexibility index (Phi) is 51.0. The summed E-state index contributed by atoms with van der Waals surface area (Å²) in [6.45, 7) is 3.40. The van der Waals surface area contributed by atoms with Gasteiger partial charge in [-0.25, -0.2) is 4.18 Å². The first kappa shape index (κ1) is 72.9. The molecule has 0 aliphatic carbocycles. The molecule has 13 heteroatoms. The molecule has 76 heavy (non-hydrogen) atoms. The molecule has 1 aliphatic heterocycles. The van der Waals surface area contributed by atoms with Crippen molar-refractivity contribution in [1.82, 2.24) is 5.32 Å². The van der Waals surface area contributed by atoms with Crippen molar-refractivity contribution in [1.29, 1.82) is 0 Å². The van der Waals surface area contributed by atoms with Crippen LogP contribution in [0.15, 0.2) is 12.2 Å². The Morgan fingerprint density at radius 3 is 1.14 bits per heavy atom. The van der Waals surface area contributed by atoms with Gasteiger partial charge in [0.05, 0.1) is 25.4 Å². The maximum Gasteiger partial charge on any atom is 0.397 e. The lowest BCUT2D eigenvalue weighted by Gasteiger charge is -2.41. The summed E-state index contributed by atoms with van der Waals surface area (Å²) in [6.07, 6.45) is 57.7. The lowest BCUT2D eigenvalue weighted by Crippen LogP contribution is -2.61. The van der Waals surface area contributed by atoms with Gasteiger partial charge in [0.25, 0.3) is 0 Å². The van der Waals surface area contributed by atoms with Crippen LogP contribution >= 0.6 is 0 Å². The van der Waals surface area contributed by atoms with Crippen molar-refractivity contribution in [2.75, 3.05) is 13.2 Å². The van der Waals surface area contributed by atoms with Gasteiger partial charge in [0.15, 0.2) is 6.29 Å². The van der Waals surface area contributed by atoms with Crippen LogP contribution in [0.25, 0.3) is 0 Å². The fraction of sp³-hybridized carbons (Fsp3) is 0.952. The van der Waals surface area contributed by atoms with Crippen LogP contribution in [0.1, 0.15) is 328 Å². The quantitative estimate of drug-likeness (QED) is 0.0193. The molecule has 0 aromatic carbocycles. The Hall–Kier alpha value is -1.16. The predicted octanol–water partition coefficient (Wildman–Crippen LogP) is 16.2. The highest BCUT2D eigenvalue weighted by molar-refractivity contribution is 7.80. The van der Waals surface area contributed by atoms with Crippen molar-refractivity contribution in [3.8, 4) is 0 Å². The van der Waals surface area contributed by atoms with Crippen molar-refractivity contribution in [2.24, 2.45) is 0 Å². The van der Waals surface area contributed by atoms with Crippen LogP contribution in [-0.2, 0) is 28.9 Å². The highest BCUT2D eigenvalue weighted by Crippen LogP contribution is 2.26.